The second-order valence-electron chi connectivity index (χ2n) is 3.42. The third-order valence-corrected chi connectivity index (χ3v) is 2.04. The molecule has 2 atom stereocenters. The molecule has 0 amide bonds. The standard InChI is InChI=1S/C10H18O2/c1-4-8(2)7-9(3)5-6-10(11)12/h5-6,8-9H,4,7H2,1-3H3,(H,11,12). The molecule has 0 saturated carbocycles. The predicted molar refractivity (Wildman–Crippen MR) is 50.0 cm³/mol. The van der Waals surface area contributed by atoms with Crippen LogP contribution in [0.5, 0.6) is 0 Å². The minimum Gasteiger partial charge on any atom is -0.478 e. The van der Waals surface area contributed by atoms with Crippen molar-refractivity contribution in [2.45, 2.75) is 33.6 Å². The van der Waals surface area contributed by atoms with Gasteiger partial charge in [0.1, 0.15) is 0 Å². The third-order valence-electron chi connectivity index (χ3n) is 2.04. The van der Waals surface area contributed by atoms with Crippen molar-refractivity contribution < 1.29 is 9.90 Å². The lowest BCUT2D eigenvalue weighted by molar-refractivity contribution is -0.131. The van der Waals surface area contributed by atoms with Crippen molar-refractivity contribution in [1.29, 1.82) is 0 Å². The minimum atomic E-state index is -0.856. The Hall–Kier alpha value is -0.790. The van der Waals surface area contributed by atoms with E-state index in [1.165, 1.54) is 6.08 Å². The van der Waals surface area contributed by atoms with Gasteiger partial charge in [-0.15, -0.1) is 0 Å². The van der Waals surface area contributed by atoms with E-state index in [0.29, 0.717) is 11.8 Å². The molecule has 0 aromatic heterocycles. The number of aliphatic carboxylic acids is 1. The maximum atomic E-state index is 10.2. The molecule has 0 aliphatic rings. The lowest BCUT2D eigenvalue weighted by Gasteiger charge is -2.11. The van der Waals surface area contributed by atoms with Crippen LogP contribution in [0.2, 0.25) is 0 Å². The van der Waals surface area contributed by atoms with Crippen LogP contribution in [0.1, 0.15) is 33.6 Å². The van der Waals surface area contributed by atoms with Crippen molar-refractivity contribution in [2.24, 2.45) is 11.8 Å². The molecule has 0 saturated heterocycles. The first-order valence-corrected chi connectivity index (χ1v) is 4.47. The van der Waals surface area contributed by atoms with Gasteiger partial charge in [0.25, 0.3) is 0 Å². The largest absolute Gasteiger partial charge is 0.478 e. The molecule has 0 rings (SSSR count). The summed E-state index contributed by atoms with van der Waals surface area (Å²) in [6.07, 6.45) is 5.22. The summed E-state index contributed by atoms with van der Waals surface area (Å²) in [5.41, 5.74) is 0. The molecular weight excluding hydrogens is 152 g/mol. The monoisotopic (exact) mass is 170 g/mol. The Balaban J connectivity index is 3.72. The normalized spacial score (nSPS) is 16.2. The van der Waals surface area contributed by atoms with E-state index in [4.69, 9.17) is 5.11 Å². The topological polar surface area (TPSA) is 37.3 Å². The van der Waals surface area contributed by atoms with Crippen LogP contribution in [0.4, 0.5) is 0 Å². The Labute approximate surface area is 74.3 Å². The molecule has 2 nitrogen and oxygen atoms in total. The number of hydrogen-bond donors (Lipinski definition) is 1. The molecule has 2 heteroatoms. The number of carboxylic acids is 1. The van der Waals surface area contributed by atoms with E-state index in [-0.39, 0.29) is 0 Å². The average Bonchev–Trinajstić information content (AvgIpc) is 2.00. The molecule has 0 spiro atoms. The van der Waals surface area contributed by atoms with Gasteiger partial charge in [-0.3, -0.25) is 0 Å². The molecule has 0 bridgehead atoms. The van der Waals surface area contributed by atoms with Gasteiger partial charge >= 0.3 is 5.97 Å². The highest BCUT2D eigenvalue weighted by Crippen LogP contribution is 2.15. The first-order valence-electron chi connectivity index (χ1n) is 4.47. The summed E-state index contributed by atoms with van der Waals surface area (Å²) in [7, 11) is 0. The van der Waals surface area contributed by atoms with Crippen LogP contribution in [-0.2, 0) is 4.79 Å². The summed E-state index contributed by atoms with van der Waals surface area (Å²) in [4.78, 5) is 10.2. The molecule has 0 aromatic carbocycles. The maximum absolute atomic E-state index is 10.2. The zero-order chi connectivity index (χ0) is 9.56. The lowest BCUT2D eigenvalue weighted by atomic mass is 9.95. The van der Waals surface area contributed by atoms with Gasteiger partial charge < -0.3 is 5.11 Å². The molecule has 12 heavy (non-hydrogen) atoms. The SMILES string of the molecule is CCC(C)CC(C)C=CC(=O)O. The Morgan fingerprint density at radius 3 is 2.50 bits per heavy atom. The molecule has 0 aromatic rings. The Morgan fingerprint density at radius 1 is 1.50 bits per heavy atom. The molecule has 0 fully saturated rings. The van der Waals surface area contributed by atoms with Gasteiger partial charge in [-0.2, -0.15) is 0 Å². The van der Waals surface area contributed by atoms with Crippen molar-refractivity contribution >= 4 is 5.97 Å². The van der Waals surface area contributed by atoms with Crippen LogP contribution >= 0.6 is 0 Å². The molecule has 2 unspecified atom stereocenters. The maximum Gasteiger partial charge on any atom is 0.327 e. The van der Waals surface area contributed by atoms with Gasteiger partial charge in [-0.1, -0.05) is 33.3 Å². The Morgan fingerprint density at radius 2 is 2.08 bits per heavy atom. The fraction of sp³-hybridized carbons (Fsp3) is 0.700. The number of rotatable bonds is 5. The van der Waals surface area contributed by atoms with E-state index in [1.54, 1.807) is 6.08 Å². The first-order chi connectivity index (χ1) is 5.56. The highest BCUT2D eigenvalue weighted by molar-refractivity contribution is 5.79. The van der Waals surface area contributed by atoms with Crippen molar-refractivity contribution in [3.63, 3.8) is 0 Å². The van der Waals surface area contributed by atoms with E-state index in [0.717, 1.165) is 12.8 Å². The molecule has 0 radical (unpaired) electrons. The van der Waals surface area contributed by atoms with Crippen molar-refractivity contribution in [1.82, 2.24) is 0 Å². The predicted octanol–water partition coefficient (Wildman–Crippen LogP) is 2.70. The summed E-state index contributed by atoms with van der Waals surface area (Å²) >= 11 is 0. The Bertz CT molecular complexity index is 161. The van der Waals surface area contributed by atoms with Crippen molar-refractivity contribution in [3.8, 4) is 0 Å². The molecule has 70 valence electrons. The molecule has 0 aliphatic heterocycles. The van der Waals surface area contributed by atoms with Crippen LogP contribution < -0.4 is 0 Å². The number of allylic oxidation sites excluding steroid dienone is 1. The van der Waals surface area contributed by atoms with E-state index < -0.39 is 5.97 Å². The summed E-state index contributed by atoms with van der Waals surface area (Å²) in [6, 6.07) is 0. The number of hydrogen-bond acceptors (Lipinski definition) is 1. The Kier molecular flexibility index (Phi) is 5.43. The fourth-order valence-corrected chi connectivity index (χ4v) is 1.13. The summed E-state index contributed by atoms with van der Waals surface area (Å²) in [5.74, 6) is 0.195. The van der Waals surface area contributed by atoms with E-state index in [9.17, 15) is 4.79 Å². The fourth-order valence-electron chi connectivity index (χ4n) is 1.13. The van der Waals surface area contributed by atoms with Gasteiger partial charge in [-0.05, 0) is 18.3 Å². The van der Waals surface area contributed by atoms with Gasteiger partial charge in [0.05, 0.1) is 0 Å². The zero-order valence-electron chi connectivity index (χ0n) is 8.08. The number of carbonyl (C=O) groups is 1. The molecule has 1 N–H and O–H groups in total. The quantitative estimate of drug-likeness (QED) is 0.644. The second-order valence-corrected chi connectivity index (χ2v) is 3.42. The van der Waals surface area contributed by atoms with E-state index in [1.807, 2.05) is 6.92 Å². The smallest absolute Gasteiger partial charge is 0.327 e. The van der Waals surface area contributed by atoms with E-state index in [2.05, 4.69) is 13.8 Å². The van der Waals surface area contributed by atoms with E-state index >= 15 is 0 Å². The van der Waals surface area contributed by atoms with Crippen LogP contribution in [-0.4, -0.2) is 11.1 Å². The van der Waals surface area contributed by atoms with Gasteiger partial charge in [0.2, 0.25) is 0 Å². The van der Waals surface area contributed by atoms with Crippen LogP contribution in [0.25, 0.3) is 0 Å². The highest BCUT2D eigenvalue weighted by atomic mass is 16.4. The molecular formula is C10H18O2. The van der Waals surface area contributed by atoms with Crippen LogP contribution in [0.3, 0.4) is 0 Å². The van der Waals surface area contributed by atoms with Gasteiger partial charge in [-0.25, -0.2) is 4.79 Å². The first kappa shape index (κ1) is 11.2. The lowest BCUT2D eigenvalue weighted by Crippen LogP contribution is -2.00. The van der Waals surface area contributed by atoms with Crippen LogP contribution in [0, 0.1) is 11.8 Å². The minimum absolute atomic E-state index is 0.371. The van der Waals surface area contributed by atoms with Gasteiger partial charge in [0.15, 0.2) is 0 Å². The molecule has 0 heterocycles. The molecule has 0 aliphatic carbocycles. The third kappa shape index (κ3) is 5.96. The zero-order valence-corrected chi connectivity index (χ0v) is 8.08. The summed E-state index contributed by atoms with van der Waals surface area (Å²) in [6.45, 7) is 6.38. The van der Waals surface area contributed by atoms with Crippen molar-refractivity contribution in [3.05, 3.63) is 12.2 Å². The highest BCUT2D eigenvalue weighted by Gasteiger charge is 2.03. The second kappa shape index (κ2) is 5.81. The average molecular weight is 170 g/mol. The van der Waals surface area contributed by atoms with Gasteiger partial charge in [0, 0.05) is 6.08 Å². The van der Waals surface area contributed by atoms with Crippen LogP contribution in [0.15, 0.2) is 12.2 Å². The summed E-state index contributed by atoms with van der Waals surface area (Å²) in [5, 5.41) is 8.37. The summed E-state index contributed by atoms with van der Waals surface area (Å²) < 4.78 is 0. The number of carboxylic acid groups (broad SMARTS) is 1. The van der Waals surface area contributed by atoms with Crippen molar-refractivity contribution in [2.75, 3.05) is 0 Å².